The molecule has 0 aliphatic heterocycles. The van der Waals surface area contributed by atoms with Crippen LogP contribution in [0.25, 0.3) is 0 Å². The molecule has 9 aromatic rings. The third-order valence-electron chi connectivity index (χ3n) is 13.6. The Morgan fingerprint density at radius 3 is 1.08 bits per heavy atom. The first-order chi connectivity index (χ1) is 48.5. The van der Waals surface area contributed by atoms with Crippen LogP contribution in [0.1, 0.15) is 218 Å². The number of carbonyl (C=O) groups excluding carboxylic acids is 9. The molecule has 0 aliphatic carbocycles. The minimum Gasteiger partial charge on any atom is -0.384 e. The number of aromatic nitrogens is 10. The molecule has 9 rings (SSSR count). The van der Waals surface area contributed by atoms with Crippen molar-refractivity contribution in [2.45, 2.75) is 125 Å². The van der Waals surface area contributed by atoms with Gasteiger partial charge in [-0.2, -0.15) is 0 Å². The number of nitrogens with two attached hydrogens (primary N) is 4. The van der Waals surface area contributed by atoms with Crippen LogP contribution in [0.4, 0.5) is 23.3 Å². The average Bonchev–Trinajstić information content (AvgIpc) is 0.904. The molecule has 546 valence electrons. The van der Waals surface area contributed by atoms with Crippen LogP contribution >= 0.6 is 0 Å². The molecule has 0 fully saturated rings. The molecule has 0 saturated heterocycles. The Morgan fingerprint density at radius 2 is 0.670 bits per heavy atom. The number of nitrogen functional groups attached to an aromatic ring is 4. The van der Waals surface area contributed by atoms with Crippen molar-refractivity contribution in [3.05, 3.63) is 240 Å². The molecular weight excluding hydrogens is 1300 g/mol. The lowest BCUT2D eigenvalue weighted by Gasteiger charge is -2.05. The number of ketones is 9. The number of nitrogens with zero attached hydrogens (tertiary/aromatic N) is 10. The number of rotatable bonds is 18. The van der Waals surface area contributed by atoms with Gasteiger partial charge in [0.05, 0.1) is 11.8 Å². The van der Waals surface area contributed by atoms with E-state index in [2.05, 4.69) is 49.8 Å². The van der Waals surface area contributed by atoms with Crippen LogP contribution in [0.15, 0.2) is 190 Å². The number of hydrogen-bond acceptors (Lipinski definition) is 23. The summed E-state index contributed by atoms with van der Waals surface area (Å²) in [6.07, 6.45) is 20.6. The highest BCUT2D eigenvalue weighted by molar-refractivity contribution is 6.02. The maximum absolute atomic E-state index is 11.4. The molecule has 103 heavy (non-hydrogen) atoms. The summed E-state index contributed by atoms with van der Waals surface area (Å²) in [4.78, 5) is 141. The molecule has 0 aromatic carbocycles. The quantitative estimate of drug-likeness (QED) is 0.0580. The first kappa shape index (κ1) is 89.5. The molecule has 23 heteroatoms. The Kier molecular flexibility index (Phi) is 42.0. The number of pyridine rings is 8. The summed E-state index contributed by atoms with van der Waals surface area (Å²) in [5.41, 5.74) is 27.1. The Morgan fingerprint density at radius 1 is 0.252 bits per heavy atom. The van der Waals surface area contributed by atoms with E-state index in [4.69, 9.17) is 22.9 Å². The summed E-state index contributed by atoms with van der Waals surface area (Å²) in [7, 11) is 0. The van der Waals surface area contributed by atoms with Crippen LogP contribution in [0.5, 0.6) is 0 Å². The van der Waals surface area contributed by atoms with Gasteiger partial charge in [-0.25, -0.2) is 24.9 Å². The van der Waals surface area contributed by atoms with Gasteiger partial charge in [-0.05, 0) is 97.1 Å². The van der Waals surface area contributed by atoms with Crippen molar-refractivity contribution < 1.29 is 43.2 Å². The van der Waals surface area contributed by atoms with Gasteiger partial charge in [0.25, 0.3) is 0 Å². The molecule has 0 spiro atoms. The molecule has 0 radical (unpaired) electrons. The third-order valence-corrected chi connectivity index (χ3v) is 13.6. The van der Waals surface area contributed by atoms with Crippen LogP contribution in [0.3, 0.4) is 0 Å². The highest BCUT2D eigenvalue weighted by Crippen LogP contribution is 2.15. The summed E-state index contributed by atoms with van der Waals surface area (Å²) in [6, 6.07) is 31.1. The second-order valence-corrected chi connectivity index (χ2v) is 25.5. The van der Waals surface area contributed by atoms with Crippen LogP contribution < -0.4 is 22.9 Å². The highest BCUT2D eigenvalue weighted by atomic mass is 16.2. The van der Waals surface area contributed by atoms with E-state index in [1.807, 2.05) is 131 Å². The second-order valence-electron chi connectivity index (χ2n) is 25.5. The Bertz CT molecular complexity index is 3640. The molecule has 0 unspecified atom stereocenters. The van der Waals surface area contributed by atoms with E-state index in [0.29, 0.717) is 68.2 Å². The lowest BCUT2D eigenvalue weighted by Crippen LogP contribution is -2.10. The van der Waals surface area contributed by atoms with Crippen molar-refractivity contribution in [3.63, 3.8) is 0 Å². The predicted octanol–water partition coefficient (Wildman–Crippen LogP) is 15.0. The van der Waals surface area contributed by atoms with Crippen molar-refractivity contribution in [1.82, 2.24) is 49.8 Å². The number of carbonyl (C=O) groups is 9. The molecule has 23 nitrogen and oxygen atoms in total. The summed E-state index contributed by atoms with van der Waals surface area (Å²) in [5, 5.41) is 0. The highest BCUT2D eigenvalue weighted by Gasteiger charge is 2.17. The SMILES string of the molecule is CC(C)C(=O)c1ccc(N)nc1.CC(C)C(=O)c1cccc(N)n1.CC(C)C(=O)c1ccccn1.CC(C)C(=O)c1cccnc1.CC(C)C(=O)c1cccnc1.CC(C)C(=O)c1cccnc1N.CC(C)C(=O)c1ccnc(N)c1.CC(C)C(=O)c1ccncc1.CC(C)C(=O)c1cnccn1. The van der Waals surface area contributed by atoms with E-state index in [1.165, 1.54) is 18.6 Å². The molecule has 8 N–H and O–H groups in total. The largest absolute Gasteiger partial charge is 0.384 e. The van der Waals surface area contributed by atoms with Crippen molar-refractivity contribution in [2.24, 2.45) is 53.3 Å². The van der Waals surface area contributed by atoms with E-state index in [9.17, 15) is 43.2 Å². The maximum Gasteiger partial charge on any atom is 0.185 e. The first-order valence-corrected chi connectivity index (χ1v) is 33.6. The number of Topliss-reactive ketones (excluding diaryl/α,β-unsaturated/α-hetero) is 9. The van der Waals surface area contributed by atoms with Crippen molar-refractivity contribution in [2.75, 3.05) is 22.9 Å². The van der Waals surface area contributed by atoms with E-state index < -0.39 is 0 Å². The molecule has 9 aromatic heterocycles. The van der Waals surface area contributed by atoms with Crippen LogP contribution in [-0.4, -0.2) is 102 Å². The van der Waals surface area contributed by atoms with Gasteiger partial charge < -0.3 is 22.9 Å². The van der Waals surface area contributed by atoms with E-state index in [0.717, 1.165) is 5.56 Å². The fraction of sp³-hybridized carbons (Fsp3) is 0.338. The minimum absolute atomic E-state index is 0.00630. The minimum atomic E-state index is -0.0310. The van der Waals surface area contributed by atoms with Gasteiger partial charge >= 0.3 is 0 Å². The van der Waals surface area contributed by atoms with Crippen LogP contribution in [-0.2, 0) is 0 Å². The zero-order valence-corrected chi connectivity index (χ0v) is 62.5. The van der Waals surface area contributed by atoms with Gasteiger partial charge in [0.2, 0.25) is 0 Å². The van der Waals surface area contributed by atoms with Crippen molar-refractivity contribution in [1.29, 1.82) is 0 Å². The van der Waals surface area contributed by atoms with E-state index in [1.54, 1.807) is 165 Å². The zero-order chi connectivity index (χ0) is 77.9. The second kappa shape index (κ2) is 48.3. The van der Waals surface area contributed by atoms with Gasteiger partial charge in [-0.1, -0.05) is 137 Å². The Hall–Kier alpha value is -11.5. The fourth-order valence-corrected chi connectivity index (χ4v) is 7.70. The van der Waals surface area contributed by atoms with Gasteiger partial charge in [0.15, 0.2) is 52.0 Å². The molecule has 0 atom stereocenters. The topological polar surface area (TPSA) is 387 Å². The molecule has 0 amide bonds. The van der Waals surface area contributed by atoms with Gasteiger partial charge in [0, 0.05) is 155 Å². The van der Waals surface area contributed by atoms with Crippen LogP contribution in [0, 0.1) is 53.3 Å². The Labute approximate surface area is 606 Å². The standard InChI is InChI=1S/4C9H12N2O.4C9H11NO.C8H10N2O/c1-6(2)9(12)7-3-4-11-8(10)5-7;1-6(2)9(12)7-3-4-8(10)11-5-7;1-6(2)8(12)7-4-3-5-11-9(7)10;1-6(2)9(12)7-4-3-5-8(10)11-7;1-7(2)9(11)8-3-5-10-6-4-8;2*1-7(2)9(11)8-4-3-5-10-6-8;1-7(2)9(11)8-5-3-4-6-10-8;1-6(2)8(11)7-5-9-3-4-10-7/h4*3-6H,1-2H3,(H2,10,11);4*3-7H,1-2H3;3-6H,1-2H3. The Balaban J connectivity index is 0.000000580. The molecule has 0 bridgehead atoms. The number of hydrogen-bond donors (Lipinski definition) is 4. The number of anilines is 4. The monoisotopic (exact) mass is 1400 g/mol. The molecule has 0 saturated carbocycles. The fourth-order valence-electron chi connectivity index (χ4n) is 7.70. The van der Waals surface area contributed by atoms with E-state index >= 15 is 0 Å². The van der Waals surface area contributed by atoms with Gasteiger partial charge in [-0.15, -0.1) is 0 Å². The summed E-state index contributed by atoms with van der Waals surface area (Å²) >= 11 is 0. The normalized spacial score (nSPS) is 10.2. The predicted molar refractivity (Wildman–Crippen MR) is 406 cm³/mol. The van der Waals surface area contributed by atoms with Crippen molar-refractivity contribution >= 4 is 75.3 Å². The summed E-state index contributed by atoms with van der Waals surface area (Å²) in [5.74, 6) is 2.58. The zero-order valence-electron chi connectivity index (χ0n) is 62.5. The molecule has 0 aliphatic rings. The van der Waals surface area contributed by atoms with Gasteiger partial charge in [-0.3, -0.25) is 68.1 Å². The smallest absolute Gasteiger partial charge is 0.185 e. The first-order valence-electron chi connectivity index (χ1n) is 33.6. The summed E-state index contributed by atoms with van der Waals surface area (Å²) in [6.45, 7) is 33.6. The third kappa shape index (κ3) is 35.4. The lowest BCUT2D eigenvalue weighted by molar-refractivity contribution is 0.0927. The molecule has 9 heterocycles. The molecular formula is C80H102N14O9. The lowest BCUT2D eigenvalue weighted by atomic mass is 10.0. The van der Waals surface area contributed by atoms with Crippen LogP contribution in [0.2, 0.25) is 0 Å². The van der Waals surface area contributed by atoms with E-state index in [-0.39, 0.29) is 105 Å². The van der Waals surface area contributed by atoms with Crippen molar-refractivity contribution in [3.8, 4) is 0 Å². The maximum atomic E-state index is 11.4. The van der Waals surface area contributed by atoms with Gasteiger partial charge in [0.1, 0.15) is 40.4 Å². The summed E-state index contributed by atoms with van der Waals surface area (Å²) < 4.78 is 0. The average molecular weight is 1400 g/mol.